The summed E-state index contributed by atoms with van der Waals surface area (Å²) in [5.74, 6) is -0.951. The van der Waals surface area contributed by atoms with Gasteiger partial charge in [0.2, 0.25) is 5.79 Å². The summed E-state index contributed by atoms with van der Waals surface area (Å²) < 4.78 is 16.8. The van der Waals surface area contributed by atoms with Crippen molar-refractivity contribution >= 4 is 5.97 Å². The summed E-state index contributed by atoms with van der Waals surface area (Å²) >= 11 is 0. The van der Waals surface area contributed by atoms with E-state index in [-0.39, 0.29) is 5.97 Å². The van der Waals surface area contributed by atoms with E-state index >= 15 is 0 Å². The van der Waals surface area contributed by atoms with Crippen molar-refractivity contribution in [2.75, 3.05) is 13.2 Å². The molecule has 4 nitrogen and oxygen atoms in total. The number of carbonyl (C=O) groups excluding carboxylic acids is 1. The molecule has 2 heterocycles. The summed E-state index contributed by atoms with van der Waals surface area (Å²) in [5.41, 5.74) is -0.612. The Morgan fingerprint density at radius 1 is 1.20 bits per heavy atom. The van der Waals surface area contributed by atoms with Gasteiger partial charge in [0, 0.05) is 19.8 Å². The molecule has 15 heavy (non-hydrogen) atoms. The van der Waals surface area contributed by atoms with Crippen LogP contribution in [-0.2, 0) is 19.0 Å². The van der Waals surface area contributed by atoms with E-state index in [1.807, 2.05) is 6.92 Å². The lowest BCUT2D eigenvalue weighted by molar-refractivity contribution is -0.296. The van der Waals surface area contributed by atoms with Gasteiger partial charge in [-0.25, -0.2) is 0 Å². The predicted octanol–water partition coefficient (Wildman–Crippen LogP) is 1.63. The van der Waals surface area contributed by atoms with Crippen molar-refractivity contribution < 1.29 is 19.0 Å². The number of esters is 1. The third kappa shape index (κ3) is 1.76. The molecule has 2 fully saturated rings. The number of ether oxygens (including phenoxy) is 3. The zero-order valence-corrected chi connectivity index (χ0v) is 9.38. The highest BCUT2D eigenvalue weighted by molar-refractivity contribution is 5.66. The summed E-state index contributed by atoms with van der Waals surface area (Å²) in [4.78, 5) is 11.1. The number of hydrogen-bond donors (Lipinski definition) is 0. The molecular formula is C11H18O4. The second-order valence-electron chi connectivity index (χ2n) is 4.48. The molecule has 2 aliphatic heterocycles. The lowest BCUT2D eigenvalue weighted by Gasteiger charge is -2.43. The van der Waals surface area contributed by atoms with Crippen LogP contribution in [0.4, 0.5) is 0 Å². The van der Waals surface area contributed by atoms with Gasteiger partial charge in [-0.3, -0.25) is 4.79 Å². The minimum absolute atomic E-state index is 0.267. The monoisotopic (exact) mass is 214 g/mol. The summed E-state index contributed by atoms with van der Waals surface area (Å²) in [5, 5.41) is 0. The standard InChI is InChI=1S/C11H18O4/c1-9(12)15-10(2)6-8-14-11(10)5-3-4-7-13-11/h3-8H2,1-2H3/t10-,11-/m0/s1. The molecule has 0 aliphatic carbocycles. The molecule has 86 valence electrons. The van der Waals surface area contributed by atoms with Crippen LogP contribution < -0.4 is 0 Å². The molecule has 0 saturated carbocycles. The minimum Gasteiger partial charge on any atom is -0.454 e. The highest BCUT2D eigenvalue weighted by Gasteiger charge is 2.57. The highest BCUT2D eigenvalue weighted by Crippen LogP contribution is 2.45. The lowest BCUT2D eigenvalue weighted by Crippen LogP contribution is -2.54. The summed E-state index contributed by atoms with van der Waals surface area (Å²) in [6.07, 6.45) is 3.65. The Morgan fingerprint density at radius 3 is 2.53 bits per heavy atom. The van der Waals surface area contributed by atoms with Crippen molar-refractivity contribution in [3.8, 4) is 0 Å². The molecular weight excluding hydrogens is 196 g/mol. The van der Waals surface area contributed by atoms with Gasteiger partial charge in [-0.05, 0) is 19.8 Å². The molecule has 0 amide bonds. The average molecular weight is 214 g/mol. The van der Waals surface area contributed by atoms with Crippen molar-refractivity contribution in [2.24, 2.45) is 0 Å². The van der Waals surface area contributed by atoms with Crippen LogP contribution in [0.1, 0.15) is 39.5 Å². The van der Waals surface area contributed by atoms with E-state index in [2.05, 4.69) is 0 Å². The van der Waals surface area contributed by atoms with Crippen molar-refractivity contribution in [1.29, 1.82) is 0 Å². The molecule has 0 bridgehead atoms. The van der Waals surface area contributed by atoms with Crippen LogP contribution in [0.5, 0.6) is 0 Å². The number of carbonyl (C=O) groups is 1. The third-order valence-corrected chi connectivity index (χ3v) is 3.32. The smallest absolute Gasteiger partial charge is 0.303 e. The van der Waals surface area contributed by atoms with Gasteiger partial charge in [0.15, 0.2) is 5.60 Å². The topological polar surface area (TPSA) is 44.8 Å². The Hall–Kier alpha value is -0.610. The van der Waals surface area contributed by atoms with Gasteiger partial charge in [0.1, 0.15) is 0 Å². The normalized spacial score (nSPS) is 40.7. The maximum Gasteiger partial charge on any atom is 0.303 e. The summed E-state index contributed by atoms with van der Waals surface area (Å²) in [6, 6.07) is 0. The first kappa shape index (κ1) is 10.9. The van der Waals surface area contributed by atoms with E-state index in [0.717, 1.165) is 19.3 Å². The Balaban J connectivity index is 2.18. The molecule has 2 saturated heterocycles. The molecule has 0 unspecified atom stereocenters. The van der Waals surface area contributed by atoms with Crippen molar-refractivity contribution in [2.45, 2.75) is 50.9 Å². The van der Waals surface area contributed by atoms with Gasteiger partial charge in [0.05, 0.1) is 13.2 Å². The van der Waals surface area contributed by atoms with Crippen LogP contribution in [0, 0.1) is 0 Å². The average Bonchev–Trinajstić information content (AvgIpc) is 2.44. The van der Waals surface area contributed by atoms with Crippen molar-refractivity contribution in [1.82, 2.24) is 0 Å². The van der Waals surface area contributed by atoms with Gasteiger partial charge >= 0.3 is 5.97 Å². The summed E-state index contributed by atoms with van der Waals surface area (Å²) in [7, 11) is 0. The van der Waals surface area contributed by atoms with E-state index in [1.54, 1.807) is 0 Å². The Labute approximate surface area is 89.9 Å². The quantitative estimate of drug-likeness (QED) is 0.622. The van der Waals surface area contributed by atoms with Gasteiger partial charge in [0.25, 0.3) is 0 Å². The van der Waals surface area contributed by atoms with E-state index in [4.69, 9.17) is 14.2 Å². The Bertz CT molecular complexity index is 257. The maximum absolute atomic E-state index is 11.1. The first-order valence-corrected chi connectivity index (χ1v) is 5.56. The fourth-order valence-electron chi connectivity index (χ4n) is 2.50. The molecule has 1 spiro atoms. The van der Waals surface area contributed by atoms with E-state index in [9.17, 15) is 4.79 Å². The van der Waals surface area contributed by atoms with Crippen molar-refractivity contribution in [3.63, 3.8) is 0 Å². The second kappa shape index (κ2) is 3.76. The summed E-state index contributed by atoms with van der Waals surface area (Å²) in [6.45, 7) is 4.63. The fraction of sp³-hybridized carbons (Fsp3) is 0.909. The molecule has 4 heteroatoms. The number of rotatable bonds is 1. The lowest BCUT2D eigenvalue weighted by atomic mass is 9.88. The number of hydrogen-bond acceptors (Lipinski definition) is 4. The zero-order valence-electron chi connectivity index (χ0n) is 9.38. The van der Waals surface area contributed by atoms with E-state index in [0.29, 0.717) is 19.6 Å². The van der Waals surface area contributed by atoms with Crippen LogP contribution >= 0.6 is 0 Å². The zero-order chi connectivity index (χ0) is 10.9. The minimum atomic E-state index is -0.684. The molecule has 0 radical (unpaired) electrons. The van der Waals surface area contributed by atoms with E-state index < -0.39 is 11.4 Å². The highest BCUT2D eigenvalue weighted by atomic mass is 16.7. The largest absolute Gasteiger partial charge is 0.454 e. The Morgan fingerprint density at radius 2 is 1.93 bits per heavy atom. The van der Waals surface area contributed by atoms with Gasteiger partial charge in [-0.2, -0.15) is 0 Å². The second-order valence-corrected chi connectivity index (χ2v) is 4.48. The Kier molecular flexibility index (Phi) is 2.73. The van der Waals surface area contributed by atoms with Crippen LogP contribution in [0.15, 0.2) is 0 Å². The van der Waals surface area contributed by atoms with Crippen LogP contribution in [0.25, 0.3) is 0 Å². The molecule has 2 atom stereocenters. The van der Waals surface area contributed by atoms with Gasteiger partial charge < -0.3 is 14.2 Å². The van der Waals surface area contributed by atoms with Crippen LogP contribution in [0.2, 0.25) is 0 Å². The fourth-order valence-corrected chi connectivity index (χ4v) is 2.50. The third-order valence-electron chi connectivity index (χ3n) is 3.32. The molecule has 0 aromatic carbocycles. The molecule has 2 rings (SSSR count). The molecule has 0 aromatic rings. The van der Waals surface area contributed by atoms with Crippen LogP contribution in [-0.4, -0.2) is 30.6 Å². The SMILES string of the molecule is CC(=O)O[C@@]1(C)CCO[C@@]12CCCCO2. The van der Waals surface area contributed by atoms with Gasteiger partial charge in [-0.15, -0.1) is 0 Å². The predicted molar refractivity (Wildman–Crippen MR) is 53.3 cm³/mol. The first-order valence-electron chi connectivity index (χ1n) is 5.56. The molecule has 0 aromatic heterocycles. The van der Waals surface area contributed by atoms with Crippen molar-refractivity contribution in [3.05, 3.63) is 0 Å². The molecule has 2 aliphatic rings. The van der Waals surface area contributed by atoms with Gasteiger partial charge in [-0.1, -0.05) is 0 Å². The van der Waals surface area contributed by atoms with E-state index in [1.165, 1.54) is 6.92 Å². The van der Waals surface area contributed by atoms with Crippen LogP contribution in [0.3, 0.4) is 0 Å². The molecule has 0 N–H and O–H groups in total. The first-order chi connectivity index (χ1) is 7.08. The maximum atomic E-state index is 11.1.